The van der Waals surface area contributed by atoms with Crippen molar-refractivity contribution in [3.05, 3.63) is 0 Å². The van der Waals surface area contributed by atoms with Crippen LogP contribution in [0.25, 0.3) is 0 Å². The third-order valence-corrected chi connectivity index (χ3v) is 3.64. The molecule has 0 rings (SSSR count). The van der Waals surface area contributed by atoms with E-state index >= 15 is 0 Å². The Kier molecular flexibility index (Phi) is 14.4. The molecule has 0 amide bonds. The van der Waals surface area contributed by atoms with E-state index in [4.69, 9.17) is 4.74 Å². The van der Waals surface area contributed by atoms with E-state index in [1.165, 1.54) is 51.4 Å². The fourth-order valence-corrected chi connectivity index (χ4v) is 2.14. The minimum atomic E-state index is -0.508. The van der Waals surface area contributed by atoms with Crippen LogP contribution in [0.1, 0.15) is 90.9 Å². The molecule has 0 aromatic rings. The predicted octanol–water partition coefficient (Wildman–Crippen LogP) is 4.61. The molecule has 0 spiro atoms. The molecule has 0 aromatic heterocycles. The highest BCUT2D eigenvalue weighted by molar-refractivity contribution is 5.69. The fraction of sp³-hybridized carbons (Fsp3) is 0.941. The number of hydrogen-bond donors (Lipinski definition) is 1. The first-order chi connectivity index (χ1) is 9.70. The summed E-state index contributed by atoms with van der Waals surface area (Å²) >= 11 is 0. The van der Waals surface area contributed by atoms with Crippen molar-refractivity contribution >= 4 is 5.97 Å². The monoisotopic (exact) mass is 286 g/mol. The summed E-state index contributed by atoms with van der Waals surface area (Å²) in [4.78, 5) is 11.4. The predicted molar refractivity (Wildman–Crippen MR) is 83.7 cm³/mol. The van der Waals surface area contributed by atoms with Crippen molar-refractivity contribution in [2.24, 2.45) is 0 Å². The van der Waals surface area contributed by atoms with E-state index in [9.17, 15) is 9.90 Å². The first kappa shape index (κ1) is 19.4. The maximum Gasteiger partial charge on any atom is 0.305 e. The van der Waals surface area contributed by atoms with Gasteiger partial charge in [-0.15, -0.1) is 0 Å². The van der Waals surface area contributed by atoms with Gasteiger partial charge in [0.1, 0.15) is 6.61 Å². The summed E-state index contributed by atoms with van der Waals surface area (Å²) in [7, 11) is 0. The Morgan fingerprint density at radius 3 is 1.90 bits per heavy atom. The van der Waals surface area contributed by atoms with Gasteiger partial charge < -0.3 is 9.84 Å². The van der Waals surface area contributed by atoms with E-state index in [2.05, 4.69) is 6.92 Å². The van der Waals surface area contributed by atoms with Gasteiger partial charge in [-0.2, -0.15) is 0 Å². The zero-order chi connectivity index (χ0) is 15.1. The number of ether oxygens (including phenoxy) is 1. The van der Waals surface area contributed by atoms with E-state index in [0.29, 0.717) is 12.8 Å². The molecule has 0 radical (unpaired) electrons. The average molecular weight is 286 g/mol. The van der Waals surface area contributed by atoms with Gasteiger partial charge in [0.15, 0.2) is 0 Å². The second-order valence-corrected chi connectivity index (χ2v) is 5.68. The van der Waals surface area contributed by atoms with Crippen molar-refractivity contribution in [1.82, 2.24) is 0 Å². The topological polar surface area (TPSA) is 46.5 Å². The van der Waals surface area contributed by atoms with Crippen molar-refractivity contribution in [2.75, 3.05) is 6.61 Å². The van der Waals surface area contributed by atoms with Gasteiger partial charge in [0, 0.05) is 6.42 Å². The van der Waals surface area contributed by atoms with Gasteiger partial charge in [0.2, 0.25) is 0 Å². The third-order valence-electron chi connectivity index (χ3n) is 3.64. The summed E-state index contributed by atoms with van der Waals surface area (Å²) in [5, 5.41) is 9.28. The van der Waals surface area contributed by atoms with Gasteiger partial charge in [0.05, 0.1) is 6.10 Å². The molecule has 0 saturated heterocycles. The molecule has 0 aromatic carbocycles. The molecule has 0 saturated carbocycles. The lowest BCUT2D eigenvalue weighted by molar-refractivity contribution is -0.146. The number of carbonyl (C=O) groups excluding carboxylic acids is 1. The van der Waals surface area contributed by atoms with Crippen LogP contribution in [-0.2, 0) is 9.53 Å². The SMILES string of the molecule is CCCCCCCCCCCCC(=O)OCC(O)CC. The second-order valence-electron chi connectivity index (χ2n) is 5.68. The number of rotatable bonds is 14. The minimum Gasteiger partial charge on any atom is -0.463 e. The van der Waals surface area contributed by atoms with Crippen molar-refractivity contribution in [1.29, 1.82) is 0 Å². The maximum absolute atomic E-state index is 11.4. The standard InChI is InChI=1S/C17H34O3/c1-3-5-6-7-8-9-10-11-12-13-14-17(19)20-15-16(18)4-2/h16,18H,3-15H2,1-2H3. The summed E-state index contributed by atoms with van der Waals surface area (Å²) in [5.74, 6) is -0.169. The van der Waals surface area contributed by atoms with Gasteiger partial charge in [-0.3, -0.25) is 4.79 Å². The van der Waals surface area contributed by atoms with Gasteiger partial charge in [-0.05, 0) is 12.8 Å². The van der Waals surface area contributed by atoms with Crippen LogP contribution in [0.2, 0.25) is 0 Å². The van der Waals surface area contributed by atoms with Crippen molar-refractivity contribution < 1.29 is 14.6 Å². The quantitative estimate of drug-likeness (QED) is 0.374. The van der Waals surface area contributed by atoms with Crippen LogP contribution >= 0.6 is 0 Å². The Morgan fingerprint density at radius 1 is 0.900 bits per heavy atom. The van der Waals surface area contributed by atoms with Crippen molar-refractivity contribution in [3.63, 3.8) is 0 Å². The number of unbranched alkanes of at least 4 members (excludes halogenated alkanes) is 9. The van der Waals surface area contributed by atoms with Crippen LogP contribution in [-0.4, -0.2) is 23.8 Å². The zero-order valence-electron chi connectivity index (χ0n) is 13.5. The smallest absolute Gasteiger partial charge is 0.305 e. The summed E-state index contributed by atoms with van der Waals surface area (Å²) in [6, 6.07) is 0. The first-order valence-electron chi connectivity index (χ1n) is 8.54. The first-order valence-corrected chi connectivity index (χ1v) is 8.54. The number of aliphatic hydroxyl groups excluding tert-OH is 1. The lowest BCUT2D eigenvalue weighted by Gasteiger charge is -2.08. The Balaban J connectivity index is 3.17. The number of esters is 1. The highest BCUT2D eigenvalue weighted by Crippen LogP contribution is 2.11. The Hall–Kier alpha value is -0.570. The van der Waals surface area contributed by atoms with E-state index < -0.39 is 6.10 Å². The molecular formula is C17H34O3. The van der Waals surface area contributed by atoms with Crippen molar-refractivity contribution in [3.8, 4) is 0 Å². The van der Waals surface area contributed by atoms with Gasteiger partial charge >= 0.3 is 5.97 Å². The molecule has 20 heavy (non-hydrogen) atoms. The molecule has 3 nitrogen and oxygen atoms in total. The molecule has 120 valence electrons. The maximum atomic E-state index is 11.4. The highest BCUT2D eigenvalue weighted by atomic mass is 16.5. The largest absolute Gasteiger partial charge is 0.463 e. The molecule has 0 fully saturated rings. The van der Waals surface area contributed by atoms with Crippen LogP contribution in [0.15, 0.2) is 0 Å². The number of aliphatic hydroxyl groups is 1. The molecule has 1 N–H and O–H groups in total. The molecule has 3 heteroatoms. The van der Waals surface area contributed by atoms with E-state index in [1.807, 2.05) is 6.92 Å². The van der Waals surface area contributed by atoms with E-state index in [1.54, 1.807) is 0 Å². The lowest BCUT2D eigenvalue weighted by Crippen LogP contribution is -2.17. The van der Waals surface area contributed by atoms with Crippen molar-refractivity contribution in [2.45, 2.75) is 97.0 Å². The fourth-order valence-electron chi connectivity index (χ4n) is 2.14. The number of carbonyl (C=O) groups is 1. The lowest BCUT2D eigenvalue weighted by atomic mass is 10.1. The van der Waals surface area contributed by atoms with Crippen LogP contribution in [0.4, 0.5) is 0 Å². The normalized spacial score (nSPS) is 12.3. The number of hydrogen-bond acceptors (Lipinski definition) is 3. The van der Waals surface area contributed by atoms with Crippen LogP contribution in [0, 0.1) is 0 Å². The molecule has 1 atom stereocenters. The second kappa shape index (κ2) is 14.8. The molecule has 0 bridgehead atoms. The molecule has 0 heterocycles. The summed E-state index contributed by atoms with van der Waals surface area (Å²) in [5.41, 5.74) is 0. The van der Waals surface area contributed by atoms with E-state index in [0.717, 1.165) is 12.8 Å². The molecule has 0 aliphatic heterocycles. The summed E-state index contributed by atoms with van der Waals surface area (Å²) in [6.07, 6.45) is 13.3. The van der Waals surface area contributed by atoms with Crippen LogP contribution in [0.5, 0.6) is 0 Å². The molecule has 0 aliphatic carbocycles. The zero-order valence-corrected chi connectivity index (χ0v) is 13.5. The minimum absolute atomic E-state index is 0.146. The average Bonchev–Trinajstić information content (AvgIpc) is 2.46. The van der Waals surface area contributed by atoms with E-state index in [-0.39, 0.29) is 12.6 Å². The van der Waals surface area contributed by atoms with Gasteiger partial charge in [-0.1, -0.05) is 71.6 Å². The van der Waals surface area contributed by atoms with Crippen LogP contribution < -0.4 is 0 Å². The van der Waals surface area contributed by atoms with Gasteiger partial charge in [0.25, 0.3) is 0 Å². The van der Waals surface area contributed by atoms with Crippen LogP contribution in [0.3, 0.4) is 0 Å². The van der Waals surface area contributed by atoms with Gasteiger partial charge in [-0.25, -0.2) is 0 Å². The third kappa shape index (κ3) is 13.9. The molecular weight excluding hydrogens is 252 g/mol. The molecule has 0 aliphatic rings. The highest BCUT2D eigenvalue weighted by Gasteiger charge is 2.06. The Labute approximate surface area is 125 Å². The summed E-state index contributed by atoms with van der Waals surface area (Å²) in [6.45, 7) is 4.27. The molecule has 1 unspecified atom stereocenters. The Morgan fingerprint density at radius 2 is 1.40 bits per heavy atom. The summed E-state index contributed by atoms with van der Waals surface area (Å²) < 4.78 is 4.99. The Bertz CT molecular complexity index is 216.